The smallest absolute Gasteiger partial charge is 0.307 e. The number of carboxylic acids is 1. The SMILES string of the molecule is COc1ccc([C@H]2CN(Cc3ccc(F)cc3)C[C@H](c3ccc4c(c3)OCO4)[C@@H]2C(=O)O)cc1. The lowest BCUT2D eigenvalue weighted by Crippen LogP contribution is -2.46. The molecule has 1 N–H and O–H groups in total. The maximum absolute atomic E-state index is 13.4. The summed E-state index contributed by atoms with van der Waals surface area (Å²) in [4.78, 5) is 14.9. The number of methoxy groups -OCH3 is 1. The molecule has 0 spiro atoms. The molecule has 0 aliphatic carbocycles. The fourth-order valence-electron chi connectivity index (χ4n) is 5.08. The number of carbonyl (C=O) groups is 1. The minimum atomic E-state index is -0.829. The summed E-state index contributed by atoms with van der Waals surface area (Å²) >= 11 is 0. The van der Waals surface area contributed by atoms with E-state index in [2.05, 4.69) is 4.90 Å². The Morgan fingerprint density at radius 1 is 0.971 bits per heavy atom. The third-order valence-electron chi connectivity index (χ3n) is 6.75. The second-order valence-electron chi connectivity index (χ2n) is 8.78. The van der Waals surface area contributed by atoms with E-state index >= 15 is 0 Å². The molecule has 2 heterocycles. The number of hydrogen-bond donors (Lipinski definition) is 1. The zero-order chi connectivity index (χ0) is 23.7. The van der Waals surface area contributed by atoms with Gasteiger partial charge in [0.25, 0.3) is 0 Å². The van der Waals surface area contributed by atoms with E-state index < -0.39 is 11.9 Å². The number of piperidine rings is 1. The molecule has 34 heavy (non-hydrogen) atoms. The first-order valence-corrected chi connectivity index (χ1v) is 11.2. The van der Waals surface area contributed by atoms with Gasteiger partial charge in [-0.05, 0) is 53.1 Å². The van der Waals surface area contributed by atoms with Gasteiger partial charge in [-0.1, -0.05) is 30.3 Å². The fourth-order valence-corrected chi connectivity index (χ4v) is 5.08. The molecule has 7 heteroatoms. The lowest BCUT2D eigenvalue weighted by molar-refractivity contribution is -0.145. The van der Waals surface area contributed by atoms with E-state index in [1.165, 1.54) is 12.1 Å². The van der Waals surface area contributed by atoms with Crippen LogP contribution in [0, 0.1) is 11.7 Å². The van der Waals surface area contributed by atoms with Crippen LogP contribution in [0.3, 0.4) is 0 Å². The molecular weight excluding hydrogens is 437 g/mol. The van der Waals surface area contributed by atoms with Crippen molar-refractivity contribution in [2.24, 2.45) is 5.92 Å². The zero-order valence-corrected chi connectivity index (χ0v) is 18.8. The second kappa shape index (κ2) is 9.35. The Bertz CT molecular complexity index is 1160. The molecule has 176 valence electrons. The van der Waals surface area contributed by atoms with Crippen molar-refractivity contribution in [2.75, 3.05) is 27.0 Å². The van der Waals surface area contributed by atoms with Gasteiger partial charge >= 0.3 is 5.97 Å². The molecule has 3 aromatic rings. The van der Waals surface area contributed by atoms with Gasteiger partial charge in [0.1, 0.15) is 11.6 Å². The topological polar surface area (TPSA) is 68.2 Å². The quantitative estimate of drug-likeness (QED) is 0.574. The molecule has 2 aliphatic rings. The van der Waals surface area contributed by atoms with Crippen LogP contribution in [0.5, 0.6) is 17.2 Å². The van der Waals surface area contributed by atoms with Gasteiger partial charge in [0.05, 0.1) is 13.0 Å². The fraction of sp³-hybridized carbons (Fsp3) is 0.296. The molecule has 0 bridgehead atoms. The Hall–Kier alpha value is -3.58. The van der Waals surface area contributed by atoms with Crippen LogP contribution >= 0.6 is 0 Å². The van der Waals surface area contributed by atoms with E-state index in [1.54, 1.807) is 19.2 Å². The van der Waals surface area contributed by atoms with Crippen molar-refractivity contribution in [3.63, 3.8) is 0 Å². The summed E-state index contributed by atoms with van der Waals surface area (Å²) in [6.45, 7) is 1.89. The summed E-state index contributed by atoms with van der Waals surface area (Å²) in [5.41, 5.74) is 2.83. The molecule has 0 aromatic heterocycles. The molecule has 0 amide bonds. The lowest BCUT2D eigenvalue weighted by atomic mass is 9.71. The first-order chi connectivity index (χ1) is 16.5. The molecule has 1 saturated heterocycles. The van der Waals surface area contributed by atoms with Crippen LogP contribution in [0.1, 0.15) is 28.5 Å². The van der Waals surface area contributed by atoms with E-state index in [0.29, 0.717) is 31.1 Å². The summed E-state index contributed by atoms with van der Waals surface area (Å²) in [6, 6.07) is 19.7. The minimum absolute atomic E-state index is 0.164. The molecule has 2 aliphatic heterocycles. The van der Waals surface area contributed by atoms with E-state index in [9.17, 15) is 14.3 Å². The normalized spacial score (nSPS) is 21.9. The number of aliphatic carboxylic acids is 1. The van der Waals surface area contributed by atoms with Crippen LogP contribution in [-0.4, -0.2) is 43.0 Å². The van der Waals surface area contributed by atoms with Crippen LogP contribution < -0.4 is 14.2 Å². The highest BCUT2D eigenvalue weighted by Crippen LogP contribution is 2.44. The van der Waals surface area contributed by atoms with Crippen LogP contribution in [0.4, 0.5) is 4.39 Å². The molecule has 6 nitrogen and oxygen atoms in total. The summed E-state index contributed by atoms with van der Waals surface area (Å²) in [6.07, 6.45) is 0. The third kappa shape index (κ3) is 4.43. The number of halogens is 1. The van der Waals surface area contributed by atoms with E-state index in [-0.39, 0.29) is 24.4 Å². The lowest BCUT2D eigenvalue weighted by Gasteiger charge is -2.42. The van der Waals surface area contributed by atoms with Gasteiger partial charge in [-0.25, -0.2) is 4.39 Å². The van der Waals surface area contributed by atoms with Gasteiger partial charge in [0.2, 0.25) is 6.79 Å². The molecule has 1 fully saturated rings. The first kappa shape index (κ1) is 22.2. The van der Waals surface area contributed by atoms with Gasteiger partial charge in [-0.3, -0.25) is 9.69 Å². The predicted octanol–water partition coefficient (Wildman–Crippen LogP) is 4.65. The van der Waals surface area contributed by atoms with Gasteiger partial charge in [-0.2, -0.15) is 0 Å². The molecule has 5 rings (SSSR count). The summed E-state index contributed by atoms with van der Waals surface area (Å²) in [5, 5.41) is 10.4. The highest BCUT2D eigenvalue weighted by atomic mass is 19.1. The molecule has 3 atom stereocenters. The van der Waals surface area contributed by atoms with Crippen LogP contribution in [-0.2, 0) is 11.3 Å². The van der Waals surface area contributed by atoms with Crippen LogP contribution in [0.25, 0.3) is 0 Å². The van der Waals surface area contributed by atoms with Crippen LogP contribution in [0.15, 0.2) is 66.7 Å². The monoisotopic (exact) mass is 463 g/mol. The molecule has 0 unspecified atom stereocenters. The largest absolute Gasteiger partial charge is 0.497 e. The highest BCUT2D eigenvalue weighted by Gasteiger charge is 2.43. The number of benzene rings is 3. The predicted molar refractivity (Wildman–Crippen MR) is 124 cm³/mol. The van der Waals surface area contributed by atoms with Crippen molar-refractivity contribution in [1.29, 1.82) is 0 Å². The van der Waals surface area contributed by atoms with Crippen molar-refractivity contribution in [2.45, 2.75) is 18.4 Å². The molecule has 0 radical (unpaired) electrons. The maximum Gasteiger partial charge on any atom is 0.307 e. The standard InChI is InChI=1S/C27H26FNO5/c1-32-21-9-4-18(5-10-21)22-14-29(13-17-2-7-20(28)8-3-17)15-23(26(22)27(30)31)19-6-11-24-25(12-19)34-16-33-24/h2-12,22-23,26H,13-16H2,1H3,(H,30,31)/t22-,23-,26-/m1/s1. The number of fused-ring (bicyclic) bond motifs is 1. The van der Waals surface area contributed by atoms with E-state index in [1.807, 2.05) is 42.5 Å². The summed E-state index contributed by atoms with van der Waals surface area (Å²) in [7, 11) is 1.61. The maximum atomic E-state index is 13.4. The van der Waals surface area contributed by atoms with Gasteiger partial charge in [0, 0.05) is 31.5 Å². The van der Waals surface area contributed by atoms with Crippen molar-refractivity contribution in [3.05, 3.63) is 89.2 Å². The number of carboxylic acid groups (broad SMARTS) is 1. The summed E-state index contributed by atoms with van der Waals surface area (Å²) in [5.74, 6) is -0.214. The number of nitrogens with zero attached hydrogens (tertiary/aromatic N) is 1. The van der Waals surface area contributed by atoms with Gasteiger partial charge in [-0.15, -0.1) is 0 Å². The average molecular weight is 464 g/mol. The zero-order valence-electron chi connectivity index (χ0n) is 18.8. The second-order valence-corrected chi connectivity index (χ2v) is 8.78. The Kier molecular flexibility index (Phi) is 6.11. The Morgan fingerprint density at radius 3 is 2.29 bits per heavy atom. The molecular formula is C27H26FNO5. The Labute approximate surface area is 197 Å². The van der Waals surface area contributed by atoms with Crippen molar-refractivity contribution in [3.8, 4) is 17.2 Å². The molecule has 3 aromatic carbocycles. The van der Waals surface area contributed by atoms with E-state index in [0.717, 1.165) is 22.4 Å². The minimum Gasteiger partial charge on any atom is -0.497 e. The Morgan fingerprint density at radius 2 is 1.62 bits per heavy atom. The van der Waals surface area contributed by atoms with Crippen molar-refractivity contribution in [1.82, 2.24) is 4.90 Å². The summed E-state index contributed by atoms with van der Waals surface area (Å²) < 4.78 is 29.7. The molecule has 0 saturated carbocycles. The third-order valence-corrected chi connectivity index (χ3v) is 6.75. The Balaban J connectivity index is 1.52. The van der Waals surface area contributed by atoms with Crippen LogP contribution in [0.2, 0.25) is 0 Å². The first-order valence-electron chi connectivity index (χ1n) is 11.2. The van der Waals surface area contributed by atoms with Crippen molar-refractivity contribution < 1.29 is 28.5 Å². The number of hydrogen-bond acceptors (Lipinski definition) is 5. The number of rotatable bonds is 6. The van der Waals surface area contributed by atoms with Crippen molar-refractivity contribution >= 4 is 5.97 Å². The number of ether oxygens (including phenoxy) is 3. The highest BCUT2D eigenvalue weighted by molar-refractivity contribution is 5.73. The van der Waals surface area contributed by atoms with Gasteiger partial charge in [0.15, 0.2) is 11.5 Å². The van der Waals surface area contributed by atoms with Gasteiger partial charge < -0.3 is 19.3 Å². The number of likely N-dealkylation sites (tertiary alicyclic amines) is 1. The van der Waals surface area contributed by atoms with E-state index in [4.69, 9.17) is 14.2 Å². The average Bonchev–Trinajstić information content (AvgIpc) is 3.33.